The van der Waals surface area contributed by atoms with Crippen molar-refractivity contribution in [3.63, 3.8) is 0 Å². The number of likely N-dealkylation sites (N-methyl/N-ethyl adjacent to an activating group) is 1. The first kappa shape index (κ1) is 18.9. The third-order valence-corrected chi connectivity index (χ3v) is 5.08. The molecule has 0 bridgehead atoms. The number of carbonyl (C=O) groups is 1. The topological polar surface area (TPSA) is 35.6 Å². The molecule has 24 heavy (non-hydrogen) atoms. The standard InChI is InChI=1S/C20H33N3O/c1-3-22(4-2)14-15-23(17-19-8-6-5-7-9-19)20(24)11-10-18-12-13-21-16-18/h5-9,18,21H,3-4,10-17H2,1-2H3. The fourth-order valence-electron chi connectivity index (χ4n) is 3.34. The summed E-state index contributed by atoms with van der Waals surface area (Å²) < 4.78 is 0. The Kier molecular flexibility index (Phi) is 8.26. The highest BCUT2D eigenvalue weighted by Gasteiger charge is 2.19. The summed E-state index contributed by atoms with van der Waals surface area (Å²) in [4.78, 5) is 17.2. The molecule has 1 aliphatic rings. The van der Waals surface area contributed by atoms with Gasteiger partial charge in [-0.25, -0.2) is 0 Å². The Morgan fingerprint density at radius 3 is 2.54 bits per heavy atom. The summed E-state index contributed by atoms with van der Waals surface area (Å²) in [6, 6.07) is 10.3. The number of nitrogens with one attached hydrogen (secondary N) is 1. The summed E-state index contributed by atoms with van der Waals surface area (Å²) in [6.07, 6.45) is 2.91. The highest BCUT2D eigenvalue weighted by atomic mass is 16.2. The first-order chi connectivity index (χ1) is 11.7. The molecule has 0 saturated carbocycles. The molecule has 0 aromatic heterocycles. The van der Waals surface area contributed by atoms with E-state index in [1.165, 1.54) is 12.0 Å². The molecule has 1 aromatic rings. The van der Waals surface area contributed by atoms with Gasteiger partial charge in [-0.3, -0.25) is 4.79 Å². The minimum absolute atomic E-state index is 0.304. The number of hydrogen-bond acceptors (Lipinski definition) is 3. The van der Waals surface area contributed by atoms with Crippen molar-refractivity contribution >= 4 is 5.91 Å². The van der Waals surface area contributed by atoms with Crippen molar-refractivity contribution in [2.45, 2.75) is 39.7 Å². The minimum atomic E-state index is 0.304. The molecule has 2 rings (SSSR count). The predicted octanol–water partition coefficient (Wildman–Crippen LogP) is 2.75. The zero-order chi connectivity index (χ0) is 17.2. The van der Waals surface area contributed by atoms with E-state index in [9.17, 15) is 4.79 Å². The van der Waals surface area contributed by atoms with Gasteiger partial charge in [0.2, 0.25) is 5.91 Å². The number of carbonyl (C=O) groups excluding carboxylic acids is 1. The van der Waals surface area contributed by atoms with E-state index >= 15 is 0 Å². The molecule has 0 radical (unpaired) electrons. The normalized spacial score (nSPS) is 17.4. The summed E-state index contributed by atoms with van der Waals surface area (Å²) >= 11 is 0. The molecule has 4 nitrogen and oxygen atoms in total. The second-order valence-electron chi connectivity index (χ2n) is 6.73. The summed E-state index contributed by atoms with van der Waals surface area (Å²) in [5.41, 5.74) is 1.22. The van der Waals surface area contributed by atoms with Crippen LogP contribution in [0.2, 0.25) is 0 Å². The number of amides is 1. The van der Waals surface area contributed by atoms with Crippen molar-refractivity contribution in [2.24, 2.45) is 5.92 Å². The summed E-state index contributed by atoms with van der Waals surface area (Å²) in [7, 11) is 0. The van der Waals surface area contributed by atoms with Crippen molar-refractivity contribution in [3.05, 3.63) is 35.9 Å². The Bertz CT molecular complexity index is 467. The quantitative estimate of drug-likeness (QED) is 0.716. The van der Waals surface area contributed by atoms with Gasteiger partial charge in [0.25, 0.3) is 0 Å². The van der Waals surface area contributed by atoms with Gasteiger partial charge in [-0.05, 0) is 50.5 Å². The Morgan fingerprint density at radius 1 is 1.17 bits per heavy atom. The van der Waals surface area contributed by atoms with Crippen LogP contribution in [-0.4, -0.2) is 55.0 Å². The maximum Gasteiger partial charge on any atom is 0.222 e. The molecule has 0 aliphatic carbocycles. The second-order valence-corrected chi connectivity index (χ2v) is 6.73. The lowest BCUT2D eigenvalue weighted by Gasteiger charge is -2.27. The Labute approximate surface area is 147 Å². The largest absolute Gasteiger partial charge is 0.337 e. The molecule has 134 valence electrons. The van der Waals surface area contributed by atoms with E-state index in [2.05, 4.69) is 41.1 Å². The Morgan fingerprint density at radius 2 is 1.92 bits per heavy atom. The maximum absolute atomic E-state index is 12.8. The van der Waals surface area contributed by atoms with E-state index in [-0.39, 0.29) is 0 Å². The third-order valence-electron chi connectivity index (χ3n) is 5.08. The van der Waals surface area contributed by atoms with Gasteiger partial charge in [0.15, 0.2) is 0 Å². The number of hydrogen-bond donors (Lipinski definition) is 1. The number of rotatable bonds is 10. The lowest BCUT2D eigenvalue weighted by atomic mass is 10.0. The molecule has 1 unspecified atom stereocenters. The van der Waals surface area contributed by atoms with Crippen molar-refractivity contribution in [3.8, 4) is 0 Å². The molecule has 1 N–H and O–H groups in total. The van der Waals surface area contributed by atoms with Gasteiger partial charge in [-0.15, -0.1) is 0 Å². The van der Waals surface area contributed by atoms with Crippen LogP contribution in [0.5, 0.6) is 0 Å². The van der Waals surface area contributed by atoms with Crippen LogP contribution in [0.1, 0.15) is 38.7 Å². The van der Waals surface area contributed by atoms with Crippen LogP contribution in [0, 0.1) is 5.92 Å². The van der Waals surface area contributed by atoms with Crippen LogP contribution in [0.25, 0.3) is 0 Å². The zero-order valence-corrected chi connectivity index (χ0v) is 15.3. The van der Waals surface area contributed by atoms with Gasteiger partial charge < -0.3 is 15.1 Å². The molecule has 1 saturated heterocycles. The van der Waals surface area contributed by atoms with Gasteiger partial charge in [-0.2, -0.15) is 0 Å². The SMILES string of the molecule is CCN(CC)CCN(Cc1ccccc1)C(=O)CCC1CCNC1. The van der Waals surface area contributed by atoms with E-state index in [0.29, 0.717) is 18.2 Å². The molecule has 0 spiro atoms. The first-order valence-electron chi connectivity index (χ1n) is 9.47. The van der Waals surface area contributed by atoms with Crippen molar-refractivity contribution in [2.75, 3.05) is 39.3 Å². The highest BCUT2D eigenvalue weighted by Crippen LogP contribution is 2.16. The van der Waals surface area contributed by atoms with E-state index < -0.39 is 0 Å². The second kappa shape index (κ2) is 10.5. The first-order valence-corrected chi connectivity index (χ1v) is 9.47. The summed E-state index contributed by atoms with van der Waals surface area (Å²) in [5, 5.41) is 3.39. The van der Waals surface area contributed by atoms with Crippen LogP contribution < -0.4 is 5.32 Å². The smallest absolute Gasteiger partial charge is 0.222 e. The van der Waals surface area contributed by atoms with E-state index in [4.69, 9.17) is 0 Å². The van der Waals surface area contributed by atoms with E-state index in [1.807, 2.05) is 18.2 Å². The van der Waals surface area contributed by atoms with Gasteiger partial charge in [0.05, 0.1) is 0 Å². The lowest BCUT2D eigenvalue weighted by Crippen LogP contribution is -2.38. The minimum Gasteiger partial charge on any atom is -0.337 e. The van der Waals surface area contributed by atoms with Crippen molar-refractivity contribution in [1.82, 2.24) is 15.1 Å². The number of benzene rings is 1. The molecular formula is C20H33N3O. The fourth-order valence-corrected chi connectivity index (χ4v) is 3.34. The molecule has 1 heterocycles. The molecule has 4 heteroatoms. The lowest BCUT2D eigenvalue weighted by molar-refractivity contribution is -0.132. The van der Waals surface area contributed by atoms with Crippen LogP contribution in [0.15, 0.2) is 30.3 Å². The van der Waals surface area contributed by atoms with Gasteiger partial charge in [0.1, 0.15) is 0 Å². The van der Waals surface area contributed by atoms with Gasteiger partial charge in [0, 0.05) is 26.1 Å². The molecule has 1 atom stereocenters. The van der Waals surface area contributed by atoms with Crippen molar-refractivity contribution in [1.29, 1.82) is 0 Å². The van der Waals surface area contributed by atoms with Crippen LogP contribution in [0.4, 0.5) is 0 Å². The van der Waals surface area contributed by atoms with Crippen LogP contribution in [0.3, 0.4) is 0 Å². The van der Waals surface area contributed by atoms with Gasteiger partial charge in [-0.1, -0.05) is 44.2 Å². The summed E-state index contributed by atoms with van der Waals surface area (Å²) in [6.45, 7) is 11.1. The van der Waals surface area contributed by atoms with E-state index in [1.54, 1.807) is 0 Å². The Balaban J connectivity index is 1.90. The fraction of sp³-hybridized carbons (Fsp3) is 0.650. The zero-order valence-electron chi connectivity index (χ0n) is 15.3. The van der Waals surface area contributed by atoms with Crippen molar-refractivity contribution < 1.29 is 4.79 Å². The molecular weight excluding hydrogens is 298 g/mol. The summed E-state index contributed by atoms with van der Waals surface area (Å²) in [5.74, 6) is 0.980. The molecule has 1 fully saturated rings. The highest BCUT2D eigenvalue weighted by molar-refractivity contribution is 5.76. The van der Waals surface area contributed by atoms with Crippen LogP contribution >= 0.6 is 0 Å². The molecule has 1 amide bonds. The average molecular weight is 332 g/mol. The maximum atomic E-state index is 12.8. The third kappa shape index (κ3) is 6.25. The van der Waals surface area contributed by atoms with E-state index in [0.717, 1.165) is 52.2 Å². The average Bonchev–Trinajstić information content (AvgIpc) is 3.14. The molecule has 1 aliphatic heterocycles. The Hall–Kier alpha value is -1.39. The number of nitrogens with zero attached hydrogens (tertiary/aromatic N) is 2. The van der Waals surface area contributed by atoms with Crippen LogP contribution in [-0.2, 0) is 11.3 Å². The van der Waals surface area contributed by atoms with Gasteiger partial charge >= 0.3 is 0 Å². The molecule has 1 aromatic carbocycles. The monoisotopic (exact) mass is 331 g/mol. The predicted molar refractivity (Wildman–Crippen MR) is 99.9 cm³/mol.